The van der Waals surface area contributed by atoms with Crippen LogP contribution in [0.3, 0.4) is 0 Å². The van der Waals surface area contributed by atoms with Crippen LogP contribution in [0.15, 0.2) is 23.2 Å². The fourth-order valence-electron chi connectivity index (χ4n) is 1.34. The van der Waals surface area contributed by atoms with E-state index in [2.05, 4.69) is 37.0 Å². The van der Waals surface area contributed by atoms with Gasteiger partial charge in [-0.05, 0) is 31.9 Å². The van der Waals surface area contributed by atoms with Crippen molar-refractivity contribution < 1.29 is 0 Å². The zero-order valence-corrected chi connectivity index (χ0v) is 8.18. The Hall–Kier alpha value is -1.11. The number of hydrogen-bond acceptors (Lipinski definition) is 1. The highest BCUT2D eigenvalue weighted by atomic mass is 14.7. The monoisotopic (exact) mass is 161 g/mol. The van der Waals surface area contributed by atoms with Crippen molar-refractivity contribution in [3.8, 4) is 0 Å². The third-order valence-corrected chi connectivity index (χ3v) is 2.11. The summed E-state index contributed by atoms with van der Waals surface area (Å²) in [6, 6.07) is 6.44. The van der Waals surface area contributed by atoms with Gasteiger partial charge in [0.2, 0.25) is 0 Å². The van der Waals surface area contributed by atoms with Crippen molar-refractivity contribution in [3.05, 3.63) is 34.9 Å². The zero-order valence-electron chi connectivity index (χ0n) is 8.18. The molecule has 1 aromatic carbocycles. The van der Waals surface area contributed by atoms with E-state index in [1.807, 2.05) is 14.0 Å². The Kier molecular flexibility index (Phi) is 2.64. The Balaban J connectivity index is 3.18. The summed E-state index contributed by atoms with van der Waals surface area (Å²) in [7, 11) is 1.83. The number of nitrogens with zero attached hydrogens (tertiary/aromatic N) is 1. The van der Waals surface area contributed by atoms with E-state index in [9.17, 15) is 0 Å². The van der Waals surface area contributed by atoms with Crippen LogP contribution in [-0.4, -0.2) is 12.8 Å². The van der Waals surface area contributed by atoms with Crippen LogP contribution >= 0.6 is 0 Å². The molecule has 0 unspecified atom stereocenters. The summed E-state index contributed by atoms with van der Waals surface area (Å²) in [5.74, 6) is 0. The lowest BCUT2D eigenvalue weighted by Gasteiger charge is -2.05. The van der Waals surface area contributed by atoms with Crippen LogP contribution in [0.2, 0.25) is 0 Å². The SMILES string of the molecule is CN=C(C)c1ccc(C)cc1C. The van der Waals surface area contributed by atoms with Gasteiger partial charge in [-0.15, -0.1) is 0 Å². The average molecular weight is 161 g/mol. The van der Waals surface area contributed by atoms with Crippen LogP contribution in [0, 0.1) is 13.8 Å². The van der Waals surface area contributed by atoms with E-state index >= 15 is 0 Å². The van der Waals surface area contributed by atoms with Crippen LogP contribution in [-0.2, 0) is 0 Å². The Morgan fingerprint density at radius 1 is 1.25 bits per heavy atom. The Bertz CT molecular complexity index is 311. The van der Waals surface area contributed by atoms with Crippen molar-refractivity contribution in [1.29, 1.82) is 0 Å². The van der Waals surface area contributed by atoms with E-state index in [0.29, 0.717) is 0 Å². The minimum Gasteiger partial charge on any atom is -0.293 e. The third-order valence-electron chi connectivity index (χ3n) is 2.11. The molecule has 0 aliphatic heterocycles. The van der Waals surface area contributed by atoms with Crippen LogP contribution in [0.5, 0.6) is 0 Å². The van der Waals surface area contributed by atoms with Gasteiger partial charge in [0.05, 0.1) is 0 Å². The molecule has 64 valence electrons. The number of hydrogen-bond donors (Lipinski definition) is 0. The molecule has 0 N–H and O–H groups in total. The van der Waals surface area contributed by atoms with Crippen molar-refractivity contribution in [2.45, 2.75) is 20.8 Å². The first-order valence-corrected chi connectivity index (χ1v) is 4.16. The van der Waals surface area contributed by atoms with E-state index in [1.54, 1.807) is 0 Å². The van der Waals surface area contributed by atoms with Gasteiger partial charge in [-0.25, -0.2) is 0 Å². The molecule has 0 saturated carbocycles. The molecule has 1 heteroatoms. The van der Waals surface area contributed by atoms with Gasteiger partial charge in [0, 0.05) is 12.8 Å². The molecule has 0 radical (unpaired) electrons. The van der Waals surface area contributed by atoms with Crippen molar-refractivity contribution in [2.75, 3.05) is 7.05 Å². The number of aryl methyl sites for hydroxylation is 2. The van der Waals surface area contributed by atoms with Crippen LogP contribution in [0.1, 0.15) is 23.6 Å². The molecule has 0 spiro atoms. The van der Waals surface area contributed by atoms with Crippen LogP contribution in [0.25, 0.3) is 0 Å². The summed E-state index contributed by atoms with van der Waals surface area (Å²) in [5.41, 5.74) is 4.97. The van der Waals surface area contributed by atoms with E-state index in [-0.39, 0.29) is 0 Å². The highest BCUT2D eigenvalue weighted by Crippen LogP contribution is 2.11. The Morgan fingerprint density at radius 3 is 2.42 bits per heavy atom. The standard InChI is InChI=1S/C11H15N/c1-8-5-6-11(9(2)7-8)10(3)12-4/h5-7H,1-4H3. The molecule has 0 fully saturated rings. The van der Waals surface area contributed by atoms with Gasteiger partial charge >= 0.3 is 0 Å². The molecule has 12 heavy (non-hydrogen) atoms. The second-order valence-electron chi connectivity index (χ2n) is 3.13. The van der Waals surface area contributed by atoms with Gasteiger partial charge in [0.1, 0.15) is 0 Å². The summed E-state index contributed by atoms with van der Waals surface area (Å²) in [6.07, 6.45) is 0. The third kappa shape index (κ3) is 1.73. The minimum atomic E-state index is 1.10. The normalized spacial score (nSPS) is 11.8. The first-order valence-electron chi connectivity index (χ1n) is 4.16. The first-order chi connectivity index (χ1) is 5.65. The number of aliphatic imine (C=N–C) groups is 1. The molecular weight excluding hydrogens is 146 g/mol. The lowest BCUT2D eigenvalue weighted by Crippen LogP contribution is -1.97. The topological polar surface area (TPSA) is 12.4 Å². The highest BCUT2D eigenvalue weighted by molar-refractivity contribution is 5.99. The molecule has 1 aromatic rings. The van der Waals surface area contributed by atoms with E-state index < -0.39 is 0 Å². The van der Waals surface area contributed by atoms with Gasteiger partial charge in [-0.2, -0.15) is 0 Å². The first kappa shape index (κ1) is 8.98. The lowest BCUT2D eigenvalue weighted by atomic mass is 10.0. The number of rotatable bonds is 1. The summed E-state index contributed by atoms with van der Waals surface area (Å²) >= 11 is 0. The fraction of sp³-hybridized carbons (Fsp3) is 0.364. The second kappa shape index (κ2) is 3.53. The molecule has 1 nitrogen and oxygen atoms in total. The summed E-state index contributed by atoms with van der Waals surface area (Å²) in [4.78, 5) is 4.17. The van der Waals surface area contributed by atoms with E-state index in [0.717, 1.165) is 5.71 Å². The van der Waals surface area contributed by atoms with Gasteiger partial charge in [0.25, 0.3) is 0 Å². The van der Waals surface area contributed by atoms with Gasteiger partial charge in [-0.1, -0.05) is 23.8 Å². The van der Waals surface area contributed by atoms with Crippen molar-refractivity contribution in [3.63, 3.8) is 0 Å². The molecule has 0 bridgehead atoms. The average Bonchev–Trinajstić information content (AvgIpc) is 2.03. The highest BCUT2D eigenvalue weighted by Gasteiger charge is 1.99. The van der Waals surface area contributed by atoms with Crippen LogP contribution < -0.4 is 0 Å². The van der Waals surface area contributed by atoms with Gasteiger partial charge < -0.3 is 0 Å². The zero-order chi connectivity index (χ0) is 9.14. The smallest absolute Gasteiger partial charge is 0.0388 e. The minimum absolute atomic E-state index is 1.10. The maximum absolute atomic E-state index is 4.17. The predicted molar refractivity (Wildman–Crippen MR) is 54.1 cm³/mol. The quantitative estimate of drug-likeness (QED) is 0.561. The molecular formula is C11H15N. The van der Waals surface area contributed by atoms with E-state index in [4.69, 9.17) is 0 Å². The van der Waals surface area contributed by atoms with Gasteiger partial charge in [-0.3, -0.25) is 4.99 Å². The lowest BCUT2D eigenvalue weighted by molar-refractivity contribution is 1.34. The largest absolute Gasteiger partial charge is 0.293 e. The van der Waals surface area contributed by atoms with Crippen LogP contribution in [0.4, 0.5) is 0 Å². The Morgan fingerprint density at radius 2 is 1.92 bits per heavy atom. The number of benzene rings is 1. The molecule has 0 aliphatic carbocycles. The summed E-state index contributed by atoms with van der Waals surface area (Å²) < 4.78 is 0. The summed E-state index contributed by atoms with van der Waals surface area (Å²) in [5, 5.41) is 0. The maximum atomic E-state index is 4.17. The molecule has 0 amide bonds. The fourth-order valence-corrected chi connectivity index (χ4v) is 1.34. The molecule has 0 saturated heterocycles. The summed E-state index contributed by atoms with van der Waals surface area (Å²) in [6.45, 7) is 6.27. The maximum Gasteiger partial charge on any atom is 0.0388 e. The van der Waals surface area contributed by atoms with Gasteiger partial charge in [0.15, 0.2) is 0 Å². The molecule has 0 heterocycles. The molecule has 1 rings (SSSR count). The van der Waals surface area contributed by atoms with Crippen molar-refractivity contribution in [2.24, 2.45) is 4.99 Å². The molecule has 0 atom stereocenters. The van der Waals surface area contributed by atoms with E-state index in [1.165, 1.54) is 16.7 Å². The van der Waals surface area contributed by atoms with Crippen molar-refractivity contribution in [1.82, 2.24) is 0 Å². The Labute approximate surface area is 74.2 Å². The molecule has 0 aliphatic rings. The van der Waals surface area contributed by atoms with Crippen molar-refractivity contribution >= 4 is 5.71 Å². The predicted octanol–water partition coefficient (Wildman–Crippen LogP) is 2.74. The molecule has 0 aromatic heterocycles. The second-order valence-corrected chi connectivity index (χ2v) is 3.13.